The van der Waals surface area contributed by atoms with Crippen molar-refractivity contribution in [1.82, 2.24) is 0 Å². The van der Waals surface area contributed by atoms with Crippen LogP contribution in [0.15, 0.2) is 60.7 Å². The summed E-state index contributed by atoms with van der Waals surface area (Å²) in [5.41, 5.74) is -3.29. The van der Waals surface area contributed by atoms with Crippen LogP contribution in [0.3, 0.4) is 0 Å². The first kappa shape index (κ1) is 23.8. The van der Waals surface area contributed by atoms with Gasteiger partial charge in [0.25, 0.3) is 0 Å². The predicted molar refractivity (Wildman–Crippen MR) is 127 cm³/mol. The summed E-state index contributed by atoms with van der Waals surface area (Å²) < 4.78 is 22.7. The van der Waals surface area contributed by atoms with Crippen molar-refractivity contribution in [2.24, 2.45) is 5.92 Å². The van der Waals surface area contributed by atoms with Crippen molar-refractivity contribution in [3.05, 3.63) is 77.4 Å². The number of aromatic hydroxyl groups is 1. The van der Waals surface area contributed by atoms with Crippen molar-refractivity contribution in [2.75, 3.05) is 21.3 Å². The van der Waals surface area contributed by atoms with Crippen LogP contribution in [0, 0.1) is 5.92 Å². The fraction of sp³-hybridized carbons (Fsp3) is 0.296. The Kier molecular flexibility index (Phi) is 5.50. The van der Waals surface area contributed by atoms with Crippen molar-refractivity contribution < 1.29 is 44.2 Å². The summed E-state index contributed by atoms with van der Waals surface area (Å²) in [5, 5.41) is 45.1. The molecule has 3 aromatic carbocycles. The number of rotatable bonds is 6. The number of carboxylic acids is 1. The molecule has 1 fully saturated rings. The van der Waals surface area contributed by atoms with E-state index in [0.29, 0.717) is 11.3 Å². The number of benzene rings is 3. The highest BCUT2D eigenvalue weighted by molar-refractivity contribution is 5.77. The van der Waals surface area contributed by atoms with Gasteiger partial charge in [-0.05, 0) is 17.7 Å². The van der Waals surface area contributed by atoms with E-state index in [4.69, 9.17) is 18.9 Å². The van der Waals surface area contributed by atoms with E-state index in [0.717, 1.165) is 0 Å². The summed E-state index contributed by atoms with van der Waals surface area (Å²) >= 11 is 0. The SMILES string of the molecule is COc1cc(OC)c2c(c1)OC1(c3ccc(OC)c(O)c3)C(c3ccccc3)C(C(=O)O)C(O)C21O. The first-order valence-electron chi connectivity index (χ1n) is 11.3. The van der Waals surface area contributed by atoms with Crippen LogP contribution in [-0.2, 0) is 16.0 Å². The highest BCUT2D eigenvalue weighted by Gasteiger charge is 2.78. The minimum Gasteiger partial charge on any atom is -0.504 e. The zero-order valence-electron chi connectivity index (χ0n) is 19.8. The number of hydrogen-bond donors (Lipinski definition) is 4. The minimum atomic E-state index is -2.29. The second kappa shape index (κ2) is 8.32. The number of ether oxygens (including phenoxy) is 4. The Bertz CT molecular complexity index is 1320. The molecule has 36 heavy (non-hydrogen) atoms. The van der Waals surface area contributed by atoms with Gasteiger partial charge in [0.05, 0.1) is 32.8 Å². The van der Waals surface area contributed by atoms with Crippen LogP contribution in [0.5, 0.6) is 28.7 Å². The van der Waals surface area contributed by atoms with Gasteiger partial charge in [0.15, 0.2) is 22.7 Å². The molecule has 1 heterocycles. The highest BCUT2D eigenvalue weighted by Crippen LogP contribution is 2.70. The average molecular weight is 494 g/mol. The van der Waals surface area contributed by atoms with Gasteiger partial charge in [-0.15, -0.1) is 0 Å². The molecule has 0 amide bonds. The molecule has 5 unspecified atom stereocenters. The van der Waals surface area contributed by atoms with Gasteiger partial charge >= 0.3 is 5.97 Å². The van der Waals surface area contributed by atoms with Gasteiger partial charge in [0, 0.05) is 23.6 Å². The van der Waals surface area contributed by atoms with E-state index in [-0.39, 0.29) is 34.1 Å². The Morgan fingerprint density at radius 3 is 2.22 bits per heavy atom. The summed E-state index contributed by atoms with van der Waals surface area (Å²) in [6, 6.07) is 16.2. The smallest absolute Gasteiger partial charge is 0.310 e. The maximum atomic E-state index is 12.6. The molecule has 9 nitrogen and oxygen atoms in total. The molecule has 0 spiro atoms. The predicted octanol–water partition coefficient (Wildman–Crippen LogP) is 2.75. The summed E-state index contributed by atoms with van der Waals surface area (Å²) in [5.74, 6) is -3.23. The third-order valence-electron chi connectivity index (χ3n) is 7.33. The molecular weight excluding hydrogens is 468 g/mol. The van der Waals surface area contributed by atoms with Crippen LogP contribution in [0.25, 0.3) is 0 Å². The Labute approximate surface area is 207 Å². The molecule has 5 atom stereocenters. The van der Waals surface area contributed by atoms with Crippen molar-refractivity contribution in [2.45, 2.75) is 23.2 Å². The lowest BCUT2D eigenvalue weighted by Gasteiger charge is -2.40. The summed E-state index contributed by atoms with van der Waals surface area (Å²) in [7, 11) is 4.25. The quantitative estimate of drug-likeness (QED) is 0.408. The first-order valence-corrected chi connectivity index (χ1v) is 11.3. The number of fused-ring (bicyclic) bond motifs is 3. The van der Waals surface area contributed by atoms with Gasteiger partial charge in [-0.1, -0.05) is 36.4 Å². The monoisotopic (exact) mass is 494 g/mol. The Balaban J connectivity index is 1.90. The van der Waals surface area contributed by atoms with Gasteiger partial charge < -0.3 is 39.4 Å². The van der Waals surface area contributed by atoms with Crippen LogP contribution >= 0.6 is 0 Å². The topological polar surface area (TPSA) is 135 Å². The summed E-state index contributed by atoms with van der Waals surface area (Å²) in [4.78, 5) is 12.6. The zero-order chi connectivity index (χ0) is 25.8. The number of phenols is 1. The van der Waals surface area contributed by atoms with E-state index < -0.39 is 35.1 Å². The number of aliphatic hydroxyl groups is 2. The van der Waals surface area contributed by atoms with E-state index in [1.165, 1.54) is 39.5 Å². The fourth-order valence-corrected chi connectivity index (χ4v) is 5.86. The lowest BCUT2D eigenvalue weighted by molar-refractivity contribution is -0.159. The number of aliphatic hydroxyl groups excluding tert-OH is 1. The lowest BCUT2D eigenvalue weighted by atomic mass is 9.70. The number of carbonyl (C=O) groups is 1. The van der Waals surface area contributed by atoms with Crippen molar-refractivity contribution in [1.29, 1.82) is 0 Å². The molecule has 0 bridgehead atoms. The molecule has 2 aliphatic rings. The molecule has 1 saturated carbocycles. The summed E-state index contributed by atoms with van der Waals surface area (Å²) in [6.45, 7) is 0. The maximum Gasteiger partial charge on any atom is 0.310 e. The molecular formula is C27H26O9. The van der Waals surface area contributed by atoms with Gasteiger partial charge in [-0.2, -0.15) is 0 Å². The molecule has 0 aromatic heterocycles. The molecule has 3 aromatic rings. The fourth-order valence-electron chi connectivity index (χ4n) is 5.86. The molecule has 0 saturated heterocycles. The van der Waals surface area contributed by atoms with Crippen LogP contribution in [0.4, 0.5) is 0 Å². The zero-order valence-corrected chi connectivity index (χ0v) is 19.8. The largest absolute Gasteiger partial charge is 0.504 e. The number of phenolic OH excluding ortho intramolecular Hbond substituents is 1. The van der Waals surface area contributed by atoms with Crippen LogP contribution in [0.2, 0.25) is 0 Å². The third-order valence-corrected chi connectivity index (χ3v) is 7.33. The molecule has 9 heteroatoms. The first-order chi connectivity index (χ1) is 17.2. The maximum absolute atomic E-state index is 12.6. The van der Waals surface area contributed by atoms with Gasteiger partial charge in [0.1, 0.15) is 23.4 Å². The lowest BCUT2D eigenvalue weighted by Crippen LogP contribution is -2.52. The van der Waals surface area contributed by atoms with Gasteiger partial charge in [-0.25, -0.2) is 0 Å². The van der Waals surface area contributed by atoms with E-state index in [9.17, 15) is 25.2 Å². The molecule has 188 valence electrons. The number of aliphatic carboxylic acids is 1. The van der Waals surface area contributed by atoms with Crippen LogP contribution < -0.4 is 18.9 Å². The molecule has 4 N–H and O–H groups in total. The van der Waals surface area contributed by atoms with E-state index in [2.05, 4.69) is 0 Å². The van der Waals surface area contributed by atoms with Crippen molar-refractivity contribution >= 4 is 5.97 Å². The second-order valence-corrected chi connectivity index (χ2v) is 8.89. The molecule has 0 radical (unpaired) electrons. The van der Waals surface area contributed by atoms with E-state index >= 15 is 0 Å². The van der Waals surface area contributed by atoms with Crippen LogP contribution in [0.1, 0.15) is 22.6 Å². The molecule has 1 aliphatic carbocycles. The van der Waals surface area contributed by atoms with Gasteiger partial charge in [0.2, 0.25) is 0 Å². The van der Waals surface area contributed by atoms with Crippen molar-refractivity contribution in [3.8, 4) is 28.7 Å². The molecule has 5 rings (SSSR count). The van der Waals surface area contributed by atoms with Crippen LogP contribution in [-0.4, -0.2) is 53.8 Å². The number of carboxylic acid groups (broad SMARTS) is 1. The van der Waals surface area contributed by atoms with Crippen molar-refractivity contribution in [3.63, 3.8) is 0 Å². The number of hydrogen-bond acceptors (Lipinski definition) is 8. The summed E-state index contributed by atoms with van der Waals surface area (Å²) in [6.07, 6.45) is -1.81. The van der Waals surface area contributed by atoms with Gasteiger partial charge in [-0.3, -0.25) is 4.79 Å². The van der Waals surface area contributed by atoms with E-state index in [1.807, 2.05) is 0 Å². The highest BCUT2D eigenvalue weighted by atomic mass is 16.5. The third kappa shape index (κ3) is 2.93. The average Bonchev–Trinajstić information content (AvgIpc) is 3.26. The van der Waals surface area contributed by atoms with E-state index in [1.54, 1.807) is 42.5 Å². The Morgan fingerprint density at radius 1 is 0.944 bits per heavy atom. The Hall–Kier alpha value is -3.95. The standard InChI is InChI=1S/C27H26O9/c1-33-16-12-19(35-3)23-20(13-16)36-27(15-9-10-18(34-2)17(28)11-15)22(14-7-5-4-6-8-14)21(25(30)31)24(29)26(23,27)32/h4-13,21-22,24,28-29,32H,1-3H3,(H,30,31). The molecule has 1 aliphatic heterocycles. The number of methoxy groups -OCH3 is 3. The minimum absolute atomic E-state index is 0.0956. The Morgan fingerprint density at radius 2 is 1.64 bits per heavy atom. The normalized spacial score (nSPS) is 28.1. The second-order valence-electron chi connectivity index (χ2n) is 8.89.